The van der Waals surface area contributed by atoms with Crippen molar-refractivity contribution < 1.29 is 9.53 Å². The summed E-state index contributed by atoms with van der Waals surface area (Å²) >= 11 is 0. The molecule has 0 bridgehead atoms. The number of carbonyl (C=O) groups excluding carboxylic acids is 1. The number of methoxy groups -OCH3 is 1. The van der Waals surface area contributed by atoms with E-state index in [1.165, 1.54) is 12.8 Å². The van der Waals surface area contributed by atoms with Gasteiger partial charge in [0, 0.05) is 24.8 Å². The van der Waals surface area contributed by atoms with Crippen LogP contribution < -0.4 is 15.4 Å². The number of pyridine rings is 1. The van der Waals surface area contributed by atoms with Gasteiger partial charge in [-0.3, -0.25) is 0 Å². The Labute approximate surface area is 112 Å². The third-order valence-electron chi connectivity index (χ3n) is 4.33. The molecular formula is C14H19N3O2. The van der Waals surface area contributed by atoms with Gasteiger partial charge in [0.25, 0.3) is 0 Å². The van der Waals surface area contributed by atoms with Crippen LogP contribution in [0.25, 0.3) is 0 Å². The van der Waals surface area contributed by atoms with Crippen molar-refractivity contribution in [1.82, 2.24) is 15.6 Å². The van der Waals surface area contributed by atoms with E-state index in [0.29, 0.717) is 18.5 Å². The summed E-state index contributed by atoms with van der Waals surface area (Å²) in [6.07, 6.45) is 5.46. The van der Waals surface area contributed by atoms with E-state index in [1.807, 2.05) is 12.1 Å². The minimum atomic E-state index is -0.0777. The fourth-order valence-electron chi connectivity index (χ4n) is 2.96. The molecule has 0 spiro atoms. The van der Waals surface area contributed by atoms with Crippen molar-refractivity contribution in [3.05, 3.63) is 23.9 Å². The number of ether oxygens (including phenoxy) is 1. The number of hydrogen-bond donors (Lipinski definition) is 2. The molecule has 1 aromatic rings. The molecule has 3 unspecified atom stereocenters. The lowest BCUT2D eigenvalue weighted by molar-refractivity contribution is 0.0113. The highest BCUT2D eigenvalue weighted by atomic mass is 16.5. The molecular weight excluding hydrogens is 242 g/mol. The molecule has 5 nitrogen and oxygen atoms in total. The van der Waals surface area contributed by atoms with Crippen LogP contribution in [0.4, 0.5) is 4.79 Å². The van der Waals surface area contributed by atoms with Crippen molar-refractivity contribution in [2.75, 3.05) is 7.11 Å². The molecule has 1 heterocycles. The van der Waals surface area contributed by atoms with Crippen LogP contribution in [0.3, 0.4) is 0 Å². The Morgan fingerprint density at radius 2 is 2.42 bits per heavy atom. The first-order chi connectivity index (χ1) is 9.26. The summed E-state index contributed by atoms with van der Waals surface area (Å²) in [5, 5.41) is 5.93. The van der Waals surface area contributed by atoms with Gasteiger partial charge in [-0.15, -0.1) is 0 Å². The summed E-state index contributed by atoms with van der Waals surface area (Å²) in [4.78, 5) is 15.8. The number of urea groups is 1. The van der Waals surface area contributed by atoms with Gasteiger partial charge in [-0.05, 0) is 42.7 Å². The average Bonchev–Trinajstić information content (AvgIpc) is 2.42. The summed E-state index contributed by atoms with van der Waals surface area (Å²) in [6, 6.07) is 4.01. The van der Waals surface area contributed by atoms with Crippen LogP contribution in [0.15, 0.2) is 18.3 Å². The maximum absolute atomic E-state index is 11.8. The van der Waals surface area contributed by atoms with E-state index in [-0.39, 0.29) is 6.03 Å². The molecule has 2 aliphatic rings. The Kier molecular flexibility index (Phi) is 3.27. The van der Waals surface area contributed by atoms with E-state index in [9.17, 15) is 4.79 Å². The van der Waals surface area contributed by atoms with Crippen LogP contribution in [0.1, 0.15) is 24.8 Å². The third kappa shape index (κ3) is 2.50. The summed E-state index contributed by atoms with van der Waals surface area (Å²) in [5.41, 5.74) is 0.983. The fraction of sp³-hybridized carbons (Fsp3) is 0.571. The second-order valence-corrected chi connectivity index (χ2v) is 5.38. The molecule has 0 radical (unpaired) electrons. The quantitative estimate of drug-likeness (QED) is 0.867. The first-order valence-electron chi connectivity index (χ1n) is 6.79. The van der Waals surface area contributed by atoms with E-state index < -0.39 is 0 Å². The van der Waals surface area contributed by atoms with E-state index in [4.69, 9.17) is 4.74 Å². The number of carbonyl (C=O) groups is 1. The SMILES string of the molecule is COc1cc(CNC(=O)NC2CC3CCC32)ccn1. The predicted octanol–water partition coefficient (Wildman–Crippen LogP) is 1.69. The van der Waals surface area contributed by atoms with Crippen molar-refractivity contribution in [3.8, 4) is 5.88 Å². The molecule has 19 heavy (non-hydrogen) atoms. The van der Waals surface area contributed by atoms with Gasteiger partial charge in [-0.25, -0.2) is 9.78 Å². The van der Waals surface area contributed by atoms with Gasteiger partial charge in [0.05, 0.1) is 7.11 Å². The monoisotopic (exact) mass is 261 g/mol. The van der Waals surface area contributed by atoms with E-state index in [2.05, 4.69) is 15.6 Å². The van der Waals surface area contributed by atoms with Crippen LogP contribution in [0, 0.1) is 11.8 Å². The van der Waals surface area contributed by atoms with Gasteiger partial charge in [-0.1, -0.05) is 0 Å². The Morgan fingerprint density at radius 3 is 3.05 bits per heavy atom. The largest absolute Gasteiger partial charge is 0.481 e. The van der Waals surface area contributed by atoms with Gasteiger partial charge in [0.15, 0.2) is 0 Å². The van der Waals surface area contributed by atoms with Crippen LogP contribution in [-0.2, 0) is 6.54 Å². The highest BCUT2D eigenvalue weighted by molar-refractivity contribution is 5.74. The molecule has 2 amide bonds. The van der Waals surface area contributed by atoms with Crippen LogP contribution in [-0.4, -0.2) is 24.2 Å². The lowest BCUT2D eigenvalue weighted by Gasteiger charge is -2.53. The zero-order chi connectivity index (χ0) is 13.2. The summed E-state index contributed by atoms with van der Waals surface area (Å²) in [5.74, 6) is 2.19. The number of fused-ring (bicyclic) bond motifs is 1. The first kappa shape index (κ1) is 12.3. The highest BCUT2D eigenvalue weighted by Crippen LogP contribution is 2.49. The Morgan fingerprint density at radius 1 is 1.53 bits per heavy atom. The summed E-state index contributed by atoms with van der Waals surface area (Å²) in [6.45, 7) is 0.492. The van der Waals surface area contributed by atoms with Gasteiger partial charge in [0.1, 0.15) is 0 Å². The van der Waals surface area contributed by atoms with Crippen LogP contribution >= 0.6 is 0 Å². The maximum atomic E-state index is 11.8. The van der Waals surface area contributed by atoms with Crippen molar-refractivity contribution >= 4 is 6.03 Å². The number of aromatic nitrogens is 1. The lowest BCUT2D eigenvalue weighted by atomic mass is 9.56. The Bertz CT molecular complexity index is 478. The zero-order valence-corrected chi connectivity index (χ0v) is 11.1. The predicted molar refractivity (Wildman–Crippen MR) is 70.8 cm³/mol. The Hall–Kier alpha value is -1.78. The maximum Gasteiger partial charge on any atom is 0.315 e. The standard InChI is InChI=1S/C14H19N3O2/c1-19-13-6-9(4-5-15-13)8-16-14(18)17-12-7-10-2-3-11(10)12/h4-6,10-12H,2-3,7-8H2,1H3,(H2,16,17,18). The molecule has 2 saturated carbocycles. The first-order valence-corrected chi connectivity index (χ1v) is 6.79. The summed E-state index contributed by atoms with van der Waals surface area (Å²) < 4.78 is 5.05. The number of rotatable bonds is 4. The molecule has 2 aliphatic carbocycles. The fourth-order valence-corrected chi connectivity index (χ4v) is 2.96. The van der Waals surface area contributed by atoms with Crippen molar-refractivity contribution in [2.45, 2.75) is 31.8 Å². The van der Waals surface area contributed by atoms with Crippen molar-refractivity contribution in [2.24, 2.45) is 11.8 Å². The molecule has 2 N–H and O–H groups in total. The topological polar surface area (TPSA) is 63.2 Å². The molecule has 0 aliphatic heterocycles. The van der Waals surface area contributed by atoms with Gasteiger partial charge < -0.3 is 15.4 Å². The van der Waals surface area contributed by atoms with E-state index in [1.54, 1.807) is 13.3 Å². The molecule has 0 aromatic carbocycles. The lowest BCUT2D eigenvalue weighted by Crippen LogP contribution is -2.58. The second-order valence-electron chi connectivity index (χ2n) is 5.38. The second kappa shape index (κ2) is 5.07. The number of hydrogen-bond acceptors (Lipinski definition) is 3. The van der Waals surface area contributed by atoms with E-state index >= 15 is 0 Å². The molecule has 102 valence electrons. The number of nitrogens with one attached hydrogen (secondary N) is 2. The number of nitrogens with zero attached hydrogens (tertiary/aromatic N) is 1. The van der Waals surface area contributed by atoms with Gasteiger partial charge in [0.2, 0.25) is 5.88 Å². The molecule has 3 atom stereocenters. The van der Waals surface area contributed by atoms with Crippen molar-refractivity contribution in [1.29, 1.82) is 0 Å². The minimum absolute atomic E-state index is 0.0777. The third-order valence-corrected chi connectivity index (χ3v) is 4.33. The van der Waals surface area contributed by atoms with Gasteiger partial charge in [-0.2, -0.15) is 0 Å². The molecule has 1 aromatic heterocycles. The number of amides is 2. The van der Waals surface area contributed by atoms with Crippen LogP contribution in [0.5, 0.6) is 5.88 Å². The Balaban J connectivity index is 1.44. The molecule has 3 rings (SSSR count). The normalized spacial score (nSPS) is 27.5. The highest BCUT2D eigenvalue weighted by Gasteiger charge is 2.47. The zero-order valence-electron chi connectivity index (χ0n) is 11.1. The molecule has 5 heteroatoms. The van der Waals surface area contributed by atoms with E-state index in [0.717, 1.165) is 23.8 Å². The smallest absolute Gasteiger partial charge is 0.315 e. The van der Waals surface area contributed by atoms with Gasteiger partial charge >= 0.3 is 6.03 Å². The molecule has 2 fully saturated rings. The van der Waals surface area contributed by atoms with Crippen LogP contribution in [0.2, 0.25) is 0 Å². The minimum Gasteiger partial charge on any atom is -0.481 e. The molecule has 0 saturated heterocycles. The van der Waals surface area contributed by atoms with Crippen molar-refractivity contribution in [3.63, 3.8) is 0 Å². The summed E-state index contributed by atoms with van der Waals surface area (Å²) in [7, 11) is 1.58. The average molecular weight is 261 g/mol.